The van der Waals surface area contributed by atoms with E-state index in [0.717, 1.165) is 17.7 Å². The van der Waals surface area contributed by atoms with Gasteiger partial charge in [-0.3, -0.25) is 4.68 Å². The van der Waals surface area contributed by atoms with Gasteiger partial charge in [0.05, 0.1) is 5.69 Å². The highest BCUT2D eigenvalue weighted by Crippen LogP contribution is 2.22. The van der Waals surface area contributed by atoms with Gasteiger partial charge in [0.15, 0.2) is 10.8 Å². The van der Waals surface area contributed by atoms with Gasteiger partial charge >= 0.3 is 5.97 Å². The quantitative estimate of drug-likeness (QED) is 0.876. The van der Waals surface area contributed by atoms with Crippen LogP contribution >= 0.6 is 11.3 Å². The van der Waals surface area contributed by atoms with Gasteiger partial charge in [0.25, 0.3) is 0 Å². The Morgan fingerprint density at radius 3 is 2.89 bits per heavy atom. The highest BCUT2D eigenvalue weighted by molar-refractivity contribution is 7.15. The van der Waals surface area contributed by atoms with E-state index < -0.39 is 5.97 Å². The lowest BCUT2D eigenvalue weighted by Crippen LogP contribution is -2.02. The molecule has 2 heterocycles. The van der Waals surface area contributed by atoms with Crippen molar-refractivity contribution in [1.82, 2.24) is 14.8 Å². The second-order valence-electron chi connectivity index (χ2n) is 4.21. The fourth-order valence-electron chi connectivity index (χ4n) is 1.87. The van der Waals surface area contributed by atoms with Gasteiger partial charge in [-0.15, -0.1) is 11.3 Å². The molecule has 2 aromatic rings. The van der Waals surface area contributed by atoms with Crippen molar-refractivity contribution in [3.05, 3.63) is 28.0 Å². The minimum absolute atomic E-state index is 0.120. The van der Waals surface area contributed by atoms with Crippen molar-refractivity contribution in [3.63, 3.8) is 0 Å². The number of carboxylic acid groups (broad SMARTS) is 1. The van der Waals surface area contributed by atoms with E-state index in [1.165, 1.54) is 11.3 Å². The van der Waals surface area contributed by atoms with Crippen LogP contribution in [0.15, 0.2) is 6.20 Å². The number of rotatable bonds is 5. The van der Waals surface area contributed by atoms with Crippen molar-refractivity contribution in [2.24, 2.45) is 7.05 Å². The number of carboxylic acids is 1. The van der Waals surface area contributed by atoms with E-state index in [1.807, 2.05) is 13.2 Å². The minimum Gasteiger partial charge on any atom is -0.476 e. The van der Waals surface area contributed by atoms with E-state index in [4.69, 9.17) is 5.11 Å². The van der Waals surface area contributed by atoms with E-state index >= 15 is 0 Å². The maximum Gasteiger partial charge on any atom is 0.355 e. The first-order valence-electron chi connectivity index (χ1n) is 5.97. The van der Waals surface area contributed by atoms with Crippen LogP contribution in [-0.4, -0.2) is 25.8 Å². The molecule has 0 atom stereocenters. The molecule has 0 radical (unpaired) electrons. The summed E-state index contributed by atoms with van der Waals surface area (Å²) >= 11 is 1.35. The van der Waals surface area contributed by atoms with Crippen molar-refractivity contribution in [2.75, 3.05) is 5.32 Å². The first kappa shape index (κ1) is 13.5. The summed E-state index contributed by atoms with van der Waals surface area (Å²) in [5.41, 5.74) is 2.27. The van der Waals surface area contributed by atoms with Crippen LogP contribution in [0.2, 0.25) is 0 Å². The Labute approximate surface area is 115 Å². The standard InChI is InChI=1S/C12H16N4O2S/c1-4-9-8(6-16(3)15-9)5-13-12-14-10(11(17)18)7(2)19-12/h6H,4-5H2,1-3H3,(H,13,14)(H,17,18). The summed E-state index contributed by atoms with van der Waals surface area (Å²) in [4.78, 5) is 15.7. The molecule has 102 valence electrons. The monoisotopic (exact) mass is 280 g/mol. The number of hydrogen-bond donors (Lipinski definition) is 2. The molecule has 0 saturated heterocycles. The van der Waals surface area contributed by atoms with Crippen LogP contribution in [0.5, 0.6) is 0 Å². The molecule has 2 aromatic heterocycles. The van der Waals surface area contributed by atoms with Crippen molar-refractivity contribution < 1.29 is 9.90 Å². The zero-order valence-electron chi connectivity index (χ0n) is 11.1. The molecule has 0 aromatic carbocycles. The van der Waals surface area contributed by atoms with Crippen molar-refractivity contribution in [2.45, 2.75) is 26.8 Å². The lowest BCUT2D eigenvalue weighted by molar-refractivity contribution is 0.0690. The van der Waals surface area contributed by atoms with Crippen molar-refractivity contribution in [3.8, 4) is 0 Å². The Balaban J connectivity index is 2.10. The Morgan fingerprint density at radius 2 is 2.32 bits per heavy atom. The number of hydrogen-bond acceptors (Lipinski definition) is 5. The molecule has 0 fully saturated rings. The molecule has 2 rings (SSSR count). The third-order valence-corrected chi connectivity index (χ3v) is 3.68. The smallest absolute Gasteiger partial charge is 0.355 e. The average Bonchev–Trinajstić information content (AvgIpc) is 2.89. The second kappa shape index (κ2) is 5.40. The van der Waals surface area contributed by atoms with E-state index in [-0.39, 0.29) is 5.69 Å². The predicted octanol–water partition coefficient (Wildman–Crippen LogP) is 2.06. The predicted molar refractivity (Wildman–Crippen MR) is 73.7 cm³/mol. The summed E-state index contributed by atoms with van der Waals surface area (Å²) in [5, 5.41) is 17.1. The van der Waals surface area contributed by atoms with E-state index in [1.54, 1.807) is 11.6 Å². The maximum atomic E-state index is 10.9. The fraction of sp³-hybridized carbons (Fsp3) is 0.417. The van der Waals surface area contributed by atoms with Crippen LogP contribution in [0.1, 0.15) is 33.5 Å². The largest absolute Gasteiger partial charge is 0.476 e. The number of aromatic nitrogens is 3. The molecular formula is C12H16N4O2S. The summed E-state index contributed by atoms with van der Waals surface area (Å²) in [6.45, 7) is 4.42. The van der Waals surface area contributed by atoms with Gasteiger partial charge in [0.1, 0.15) is 0 Å². The topological polar surface area (TPSA) is 80.0 Å². The van der Waals surface area contributed by atoms with Crippen LogP contribution in [0.25, 0.3) is 0 Å². The number of aromatic carboxylic acids is 1. The lowest BCUT2D eigenvalue weighted by atomic mass is 10.2. The number of nitrogens with zero attached hydrogens (tertiary/aromatic N) is 3. The van der Waals surface area contributed by atoms with E-state index in [0.29, 0.717) is 16.6 Å². The van der Waals surface area contributed by atoms with Gasteiger partial charge in [0.2, 0.25) is 0 Å². The average molecular weight is 280 g/mol. The summed E-state index contributed by atoms with van der Waals surface area (Å²) in [6, 6.07) is 0. The second-order valence-corrected chi connectivity index (χ2v) is 5.41. The molecule has 0 aliphatic heterocycles. The van der Waals surface area contributed by atoms with Crippen LogP contribution in [0.4, 0.5) is 5.13 Å². The van der Waals surface area contributed by atoms with Gasteiger partial charge in [0, 0.05) is 30.2 Å². The lowest BCUT2D eigenvalue weighted by Gasteiger charge is -2.01. The molecule has 6 nitrogen and oxygen atoms in total. The fourth-order valence-corrected chi connectivity index (χ4v) is 2.67. The molecule has 0 saturated carbocycles. The SMILES string of the molecule is CCc1nn(C)cc1CNc1nc(C(=O)O)c(C)s1. The normalized spacial score (nSPS) is 10.7. The van der Waals surface area contributed by atoms with Crippen LogP contribution in [0, 0.1) is 6.92 Å². The van der Waals surface area contributed by atoms with Crippen LogP contribution < -0.4 is 5.32 Å². The van der Waals surface area contributed by atoms with E-state index in [2.05, 4.69) is 22.3 Å². The summed E-state index contributed by atoms with van der Waals surface area (Å²) < 4.78 is 1.78. The molecule has 0 unspecified atom stereocenters. The van der Waals surface area contributed by atoms with Gasteiger partial charge in [-0.1, -0.05) is 6.92 Å². The highest BCUT2D eigenvalue weighted by Gasteiger charge is 2.14. The molecule has 0 amide bonds. The van der Waals surface area contributed by atoms with E-state index in [9.17, 15) is 4.79 Å². The molecule has 2 N–H and O–H groups in total. The number of aryl methyl sites for hydroxylation is 3. The summed E-state index contributed by atoms with van der Waals surface area (Å²) in [6.07, 6.45) is 2.83. The number of nitrogens with one attached hydrogen (secondary N) is 1. The van der Waals surface area contributed by atoms with Crippen molar-refractivity contribution >= 4 is 22.4 Å². The Kier molecular flexibility index (Phi) is 3.84. The zero-order chi connectivity index (χ0) is 14.0. The first-order valence-corrected chi connectivity index (χ1v) is 6.79. The van der Waals surface area contributed by atoms with Gasteiger partial charge in [-0.05, 0) is 13.3 Å². The Bertz CT molecular complexity index is 603. The third-order valence-electron chi connectivity index (χ3n) is 2.76. The maximum absolute atomic E-state index is 10.9. The minimum atomic E-state index is -0.988. The zero-order valence-corrected chi connectivity index (χ0v) is 11.9. The Morgan fingerprint density at radius 1 is 1.58 bits per heavy atom. The molecule has 7 heteroatoms. The molecule has 0 spiro atoms. The molecular weight excluding hydrogens is 264 g/mol. The molecule has 0 aliphatic rings. The molecule has 0 aliphatic carbocycles. The van der Waals surface area contributed by atoms with Gasteiger partial charge in [-0.2, -0.15) is 5.10 Å². The first-order chi connectivity index (χ1) is 9.01. The number of carbonyl (C=O) groups is 1. The van der Waals surface area contributed by atoms with Crippen molar-refractivity contribution in [1.29, 1.82) is 0 Å². The van der Waals surface area contributed by atoms with Gasteiger partial charge in [-0.25, -0.2) is 9.78 Å². The summed E-state index contributed by atoms with van der Waals surface area (Å²) in [7, 11) is 1.89. The van der Waals surface area contributed by atoms with Crippen LogP contribution in [-0.2, 0) is 20.0 Å². The van der Waals surface area contributed by atoms with Crippen LogP contribution in [0.3, 0.4) is 0 Å². The Hall–Kier alpha value is -1.89. The van der Waals surface area contributed by atoms with Gasteiger partial charge < -0.3 is 10.4 Å². The number of anilines is 1. The highest BCUT2D eigenvalue weighted by atomic mass is 32.1. The molecule has 0 bridgehead atoms. The summed E-state index contributed by atoms with van der Waals surface area (Å²) in [5.74, 6) is -0.988. The third kappa shape index (κ3) is 2.93. The molecule has 19 heavy (non-hydrogen) atoms. The number of thiazole rings is 1.